The summed E-state index contributed by atoms with van der Waals surface area (Å²) in [5, 5.41) is 8.97. The monoisotopic (exact) mass is 228 g/mol. The number of carbonyl (C=O) groups excluding carboxylic acids is 1. The van der Waals surface area contributed by atoms with Crippen LogP contribution in [0.4, 0.5) is 0 Å². The van der Waals surface area contributed by atoms with E-state index in [-0.39, 0.29) is 11.8 Å². The van der Waals surface area contributed by atoms with E-state index in [1.165, 1.54) is 19.3 Å². The molecule has 0 bridgehead atoms. The van der Waals surface area contributed by atoms with Gasteiger partial charge < -0.3 is 9.90 Å². The van der Waals surface area contributed by atoms with E-state index < -0.39 is 5.97 Å². The first-order valence-electron chi connectivity index (χ1n) is 6.29. The van der Waals surface area contributed by atoms with Gasteiger partial charge in [-0.05, 0) is 18.8 Å². The van der Waals surface area contributed by atoms with Gasteiger partial charge in [0, 0.05) is 6.42 Å². The summed E-state index contributed by atoms with van der Waals surface area (Å²) in [6.07, 6.45) is 7.65. The van der Waals surface area contributed by atoms with E-state index in [1.807, 2.05) is 0 Å². The molecule has 3 heteroatoms. The maximum atomic E-state index is 10.9. The van der Waals surface area contributed by atoms with Crippen molar-refractivity contribution in [2.75, 3.05) is 0 Å². The highest BCUT2D eigenvalue weighted by Crippen LogP contribution is 2.24. The van der Waals surface area contributed by atoms with Crippen LogP contribution < -0.4 is 0 Å². The van der Waals surface area contributed by atoms with Crippen LogP contribution in [0, 0.1) is 11.8 Å². The highest BCUT2D eigenvalue weighted by molar-refractivity contribution is 5.69. The van der Waals surface area contributed by atoms with Crippen LogP contribution in [0.25, 0.3) is 0 Å². The van der Waals surface area contributed by atoms with Crippen LogP contribution >= 0.6 is 0 Å². The quantitative estimate of drug-likeness (QED) is 0.461. The van der Waals surface area contributed by atoms with Crippen molar-refractivity contribution in [3.63, 3.8) is 0 Å². The zero-order valence-electron chi connectivity index (χ0n) is 10.4. The minimum absolute atomic E-state index is 0.152. The highest BCUT2D eigenvalue weighted by Gasteiger charge is 2.22. The minimum atomic E-state index is -0.744. The number of aldehydes is 1. The lowest BCUT2D eigenvalue weighted by molar-refractivity contribution is -0.143. The van der Waals surface area contributed by atoms with E-state index in [4.69, 9.17) is 5.11 Å². The van der Waals surface area contributed by atoms with Crippen LogP contribution in [-0.2, 0) is 9.59 Å². The zero-order valence-corrected chi connectivity index (χ0v) is 10.4. The molecule has 0 aromatic carbocycles. The summed E-state index contributed by atoms with van der Waals surface area (Å²) in [6, 6.07) is 0. The van der Waals surface area contributed by atoms with Gasteiger partial charge in [-0.1, -0.05) is 39.5 Å². The largest absolute Gasteiger partial charge is 0.481 e. The van der Waals surface area contributed by atoms with Crippen molar-refractivity contribution >= 4 is 12.3 Å². The zero-order chi connectivity index (χ0) is 12.4. The fraction of sp³-hybridized carbons (Fsp3) is 0.846. The van der Waals surface area contributed by atoms with Crippen molar-refractivity contribution in [3.8, 4) is 0 Å². The van der Waals surface area contributed by atoms with Gasteiger partial charge in [0.1, 0.15) is 6.29 Å². The molecule has 2 unspecified atom stereocenters. The molecule has 0 saturated carbocycles. The summed E-state index contributed by atoms with van der Waals surface area (Å²) >= 11 is 0. The SMILES string of the molecule is CCCCCCC(CCC=O)C(C)C(=O)O. The third kappa shape index (κ3) is 6.59. The smallest absolute Gasteiger partial charge is 0.306 e. The molecule has 0 saturated heterocycles. The number of aliphatic carboxylic acids is 1. The topological polar surface area (TPSA) is 54.4 Å². The first kappa shape index (κ1) is 15.1. The second kappa shape index (κ2) is 9.37. The predicted octanol–water partition coefficient (Wildman–Crippen LogP) is 3.27. The van der Waals surface area contributed by atoms with Crippen LogP contribution in [0.15, 0.2) is 0 Å². The van der Waals surface area contributed by atoms with E-state index in [1.54, 1.807) is 6.92 Å². The van der Waals surface area contributed by atoms with E-state index in [9.17, 15) is 9.59 Å². The van der Waals surface area contributed by atoms with Crippen molar-refractivity contribution in [2.45, 2.75) is 58.8 Å². The van der Waals surface area contributed by atoms with Crippen LogP contribution in [0.1, 0.15) is 58.8 Å². The summed E-state index contributed by atoms with van der Waals surface area (Å²) in [5.74, 6) is -0.924. The van der Waals surface area contributed by atoms with Gasteiger partial charge in [0.2, 0.25) is 0 Å². The fourth-order valence-corrected chi connectivity index (χ4v) is 1.96. The molecule has 0 radical (unpaired) electrons. The van der Waals surface area contributed by atoms with E-state index in [0.717, 1.165) is 19.1 Å². The molecule has 0 aromatic rings. The van der Waals surface area contributed by atoms with Gasteiger partial charge in [0.05, 0.1) is 5.92 Å². The second-order valence-corrected chi connectivity index (χ2v) is 4.48. The maximum absolute atomic E-state index is 10.9. The molecule has 0 aliphatic carbocycles. The van der Waals surface area contributed by atoms with Crippen LogP contribution in [-0.4, -0.2) is 17.4 Å². The van der Waals surface area contributed by atoms with E-state index in [2.05, 4.69) is 6.92 Å². The Morgan fingerprint density at radius 1 is 1.25 bits per heavy atom. The van der Waals surface area contributed by atoms with Gasteiger partial charge in [0.15, 0.2) is 0 Å². The molecule has 1 N–H and O–H groups in total. The molecule has 0 aliphatic heterocycles. The molecule has 0 rings (SSSR count). The number of carbonyl (C=O) groups is 2. The number of hydrogen-bond donors (Lipinski definition) is 1. The molecule has 94 valence electrons. The van der Waals surface area contributed by atoms with Gasteiger partial charge in [-0.25, -0.2) is 0 Å². The van der Waals surface area contributed by atoms with Crippen molar-refractivity contribution in [1.29, 1.82) is 0 Å². The van der Waals surface area contributed by atoms with Crippen molar-refractivity contribution in [3.05, 3.63) is 0 Å². The number of unbranched alkanes of at least 4 members (excludes halogenated alkanes) is 3. The number of carboxylic acid groups (broad SMARTS) is 1. The van der Waals surface area contributed by atoms with Crippen LogP contribution in [0.5, 0.6) is 0 Å². The lowest BCUT2D eigenvalue weighted by Gasteiger charge is -2.19. The lowest BCUT2D eigenvalue weighted by Crippen LogP contribution is -2.20. The molecule has 0 aliphatic rings. The van der Waals surface area contributed by atoms with Crippen LogP contribution in [0.2, 0.25) is 0 Å². The summed E-state index contributed by atoms with van der Waals surface area (Å²) in [4.78, 5) is 21.2. The Labute approximate surface area is 98.2 Å². The third-order valence-corrected chi connectivity index (χ3v) is 3.18. The first-order chi connectivity index (χ1) is 7.63. The van der Waals surface area contributed by atoms with Gasteiger partial charge in [-0.15, -0.1) is 0 Å². The van der Waals surface area contributed by atoms with Crippen molar-refractivity contribution in [1.82, 2.24) is 0 Å². The van der Waals surface area contributed by atoms with Crippen molar-refractivity contribution < 1.29 is 14.7 Å². The molecule has 3 nitrogen and oxygen atoms in total. The maximum Gasteiger partial charge on any atom is 0.306 e. The lowest BCUT2D eigenvalue weighted by atomic mass is 9.85. The summed E-state index contributed by atoms with van der Waals surface area (Å²) in [7, 11) is 0. The van der Waals surface area contributed by atoms with Gasteiger partial charge in [-0.3, -0.25) is 4.79 Å². The molecule has 2 atom stereocenters. The molecule has 0 spiro atoms. The number of hydrogen-bond acceptors (Lipinski definition) is 2. The van der Waals surface area contributed by atoms with Gasteiger partial charge in [-0.2, -0.15) is 0 Å². The minimum Gasteiger partial charge on any atom is -0.481 e. The molecule has 16 heavy (non-hydrogen) atoms. The number of carboxylic acids is 1. The van der Waals surface area contributed by atoms with Crippen molar-refractivity contribution in [2.24, 2.45) is 11.8 Å². The Balaban J connectivity index is 3.99. The fourth-order valence-electron chi connectivity index (χ4n) is 1.96. The van der Waals surface area contributed by atoms with Gasteiger partial charge >= 0.3 is 5.97 Å². The highest BCUT2D eigenvalue weighted by atomic mass is 16.4. The molecule has 0 heterocycles. The Kier molecular flexibility index (Phi) is 8.87. The average Bonchev–Trinajstić information content (AvgIpc) is 2.27. The predicted molar refractivity (Wildman–Crippen MR) is 64.3 cm³/mol. The van der Waals surface area contributed by atoms with E-state index >= 15 is 0 Å². The summed E-state index contributed by atoms with van der Waals surface area (Å²) in [6.45, 7) is 3.90. The molecular formula is C13H24O3. The Hall–Kier alpha value is -0.860. The Bertz CT molecular complexity index is 201. The number of rotatable bonds is 10. The molecular weight excluding hydrogens is 204 g/mol. The molecule has 0 aromatic heterocycles. The standard InChI is InChI=1S/C13H24O3/c1-3-4-5-6-8-12(9-7-10-14)11(2)13(15)16/h10-12H,3-9H2,1-2H3,(H,15,16). The first-order valence-corrected chi connectivity index (χ1v) is 6.29. The third-order valence-electron chi connectivity index (χ3n) is 3.18. The summed E-state index contributed by atoms with van der Waals surface area (Å²) in [5.41, 5.74) is 0. The van der Waals surface area contributed by atoms with E-state index in [0.29, 0.717) is 12.8 Å². The molecule has 0 amide bonds. The molecule has 0 fully saturated rings. The Morgan fingerprint density at radius 2 is 1.94 bits per heavy atom. The second-order valence-electron chi connectivity index (χ2n) is 4.48. The van der Waals surface area contributed by atoms with Crippen LogP contribution in [0.3, 0.4) is 0 Å². The normalized spacial score (nSPS) is 14.4. The van der Waals surface area contributed by atoms with Gasteiger partial charge in [0.25, 0.3) is 0 Å². The average molecular weight is 228 g/mol. The Morgan fingerprint density at radius 3 is 2.44 bits per heavy atom. The summed E-state index contributed by atoms with van der Waals surface area (Å²) < 4.78 is 0.